The van der Waals surface area contributed by atoms with Crippen molar-refractivity contribution in [2.75, 3.05) is 0 Å². The Morgan fingerprint density at radius 1 is 1.20 bits per heavy atom. The predicted molar refractivity (Wildman–Crippen MR) is 52.6 cm³/mol. The maximum atomic E-state index is 10.5. The van der Waals surface area contributed by atoms with Gasteiger partial charge in [0, 0.05) is 22.9 Å². The van der Waals surface area contributed by atoms with Crippen molar-refractivity contribution in [2.45, 2.75) is 13.3 Å². The Kier molecular flexibility index (Phi) is 35.9. The van der Waals surface area contributed by atoms with Crippen LogP contribution in [0, 0.1) is 6.08 Å². The Bertz CT molecular complexity index is 207. The third-order valence-corrected chi connectivity index (χ3v) is 1.07. The number of allylic oxidation sites excluding steroid dienone is 4. The zero-order chi connectivity index (χ0) is 12.0. The quantitative estimate of drug-likeness (QED) is 0.509. The number of ketones is 1. The average molecular weight is 252 g/mol. The van der Waals surface area contributed by atoms with Crippen LogP contribution in [0.1, 0.15) is 13.3 Å². The molecule has 0 heterocycles. The summed E-state index contributed by atoms with van der Waals surface area (Å²) in [5, 5.41) is 0. The molecule has 0 spiro atoms. The van der Waals surface area contributed by atoms with Crippen molar-refractivity contribution in [2.24, 2.45) is 0 Å². The molecule has 0 aromatic carbocycles. The Morgan fingerprint density at radius 3 is 1.73 bits per heavy atom. The summed E-state index contributed by atoms with van der Waals surface area (Å²) in [6.07, 6.45) is 7.45. The van der Waals surface area contributed by atoms with Gasteiger partial charge < -0.3 is 19.2 Å². The van der Waals surface area contributed by atoms with Gasteiger partial charge >= 0.3 is 0 Å². The first-order valence-corrected chi connectivity index (χ1v) is 3.45. The Balaban J connectivity index is -0.0000000755. The van der Waals surface area contributed by atoms with Gasteiger partial charge in [0.05, 0.1) is 0 Å². The number of Topliss-reactive ketones (excluding diaryl/α,β-unsaturated/α-hetero) is 1. The zero-order valence-electron chi connectivity index (χ0n) is 8.49. The van der Waals surface area contributed by atoms with Gasteiger partial charge in [0.15, 0.2) is 0 Å². The summed E-state index contributed by atoms with van der Waals surface area (Å²) in [7, 11) is 0. The van der Waals surface area contributed by atoms with Gasteiger partial charge in [0.1, 0.15) is 20.4 Å². The number of carbonyl (C=O) groups excluding carboxylic acids is 4. The Morgan fingerprint density at radius 2 is 1.60 bits per heavy atom. The van der Waals surface area contributed by atoms with Gasteiger partial charge in [-0.1, -0.05) is 6.42 Å². The molecule has 0 N–H and O–H groups in total. The van der Waals surface area contributed by atoms with E-state index in [9.17, 15) is 4.79 Å². The summed E-state index contributed by atoms with van der Waals surface area (Å²) in [5.41, 5.74) is 0.727. The van der Waals surface area contributed by atoms with Crippen molar-refractivity contribution < 1.29 is 36.2 Å². The van der Waals surface area contributed by atoms with Crippen LogP contribution in [0.15, 0.2) is 17.7 Å². The third-order valence-electron chi connectivity index (χ3n) is 1.07. The second-order valence-corrected chi connectivity index (χ2v) is 1.75. The number of carbonyl (C=O) groups is 4. The van der Waals surface area contributed by atoms with Crippen molar-refractivity contribution in [3.05, 3.63) is 23.8 Å². The molecule has 1 aliphatic rings. The first-order chi connectivity index (χ1) is 6.80. The monoisotopic (exact) mass is 252 g/mol. The predicted octanol–water partition coefficient (Wildman–Crippen LogP) is 0.708. The normalized spacial score (nSPS) is 9.53. The Hall–Kier alpha value is -1.32. The van der Waals surface area contributed by atoms with E-state index in [1.807, 2.05) is 32.5 Å². The topological polar surface area (TPSA) is 68.3 Å². The van der Waals surface area contributed by atoms with Crippen LogP contribution in [0.25, 0.3) is 0 Å². The molecule has 1 radical (unpaired) electrons. The van der Waals surface area contributed by atoms with Crippen molar-refractivity contribution in [1.29, 1.82) is 0 Å². The largest absolute Gasteiger partial charge is 0.371 e. The molecule has 0 atom stereocenters. The minimum atomic E-state index is 0. The molecule has 1 rings (SSSR count). The first-order valence-electron chi connectivity index (χ1n) is 3.45. The van der Waals surface area contributed by atoms with E-state index in [4.69, 9.17) is 14.4 Å². The van der Waals surface area contributed by atoms with Crippen molar-refractivity contribution >= 4 is 26.2 Å². The molecule has 0 saturated heterocycles. The molecule has 0 aromatic heterocycles. The van der Waals surface area contributed by atoms with E-state index < -0.39 is 0 Å². The summed E-state index contributed by atoms with van der Waals surface area (Å²) >= 11 is 0. The molecule has 0 saturated carbocycles. The van der Waals surface area contributed by atoms with Crippen LogP contribution in [0.3, 0.4) is 0 Å². The molecule has 5 heteroatoms. The van der Waals surface area contributed by atoms with Gasteiger partial charge in [-0.3, -0.25) is 0 Å². The first kappa shape index (κ1) is 23.5. The van der Waals surface area contributed by atoms with Gasteiger partial charge in [0.25, 0.3) is 0 Å². The molecule has 0 aromatic rings. The summed E-state index contributed by atoms with van der Waals surface area (Å²) in [6.45, 7) is 7.55. The Labute approximate surface area is 99.9 Å². The van der Waals surface area contributed by atoms with Crippen molar-refractivity contribution in [3.63, 3.8) is 0 Å². The van der Waals surface area contributed by atoms with Crippen LogP contribution in [0.5, 0.6) is 0 Å². The fourth-order valence-electron chi connectivity index (χ4n) is 0.646. The summed E-state index contributed by atoms with van der Waals surface area (Å²) in [4.78, 5) is 34.5. The van der Waals surface area contributed by atoms with E-state index in [1.54, 1.807) is 6.92 Å². The SMILES string of the molecule is C=O.C=O.C=O.CC(=O)C1=[C-]CC=C1.[Mn]. The molecule has 15 heavy (non-hydrogen) atoms. The number of hydrogen-bond acceptors (Lipinski definition) is 4. The van der Waals surface area contributed by atoms with E-state index in [1.165, 1.54) is 0 Å². The minimum Gasteiger partial charge on any atom is -0.371 e. The van der Waals surface area contributed by atoms with Gasteiger partial charge in [-0.15, -0.1) is 6.08 Å². The van der Waals surface area contributed by atoms with Crippen LogP contribution < -0.4 is 0 Å². The van der Waals surface area contributed by atoms with E-state index in [2.05, 4.69) is 6.08 Å². The number of rotatable bonds is 1. The molecule has 0 aliphatic heterocycles. The molecular weight excluding hydrogens is 239 g/mol. The third kappa shape index (κ3) is 15.4. The van der Waals surface area contributed by atoms with Crippen LogP contribution in [0.4, 0.5) is 0 Å². The van der Waals surface area contributed by atoms with Crippen LogP contribution >= 0.6 is 0 Å². The maximum absolute atomic E-state index is 10.5. The molecule has 0 bridgehead atoms. The van der Waals surface area contributed by atoms with Gasteiger partial charge in [-0.25, -0.2) is 0 Å². The maximum Gasteiger partial charge on any atom is 0.106 e. The zero-order valence-corrected chi connectivity index (χ0v) is 9.67. The fourth-order valence-corrected chi connectivity index (χ4v) is 0.646. The van der Waals surface area contributed by atoms with E-state index >= 15 is 0 Å². The van der Waals surface area contributed by atoms with Gasteiger partial charge in [-0.05, 0) is 6.92 Å². The molecular formula is C10H13MnO4-. The fraction of sp³-hybridized carbons (Fsp3) is 0.200. The summed E-state index contributed by atoms with van der Waals surface area (Å²) in [5.74, 6) is 0.110. The van der Waals surface area contributed by atoms with Gasteiger partial charge in [-0.2, -0.15) is 17.7 Å². The number of hydrogen-bond donors (Lipinski definition) is 0. The second-order valence-electron chi connectivity index (χ2n) is 1.75. The summed E-state index contributed by atoms with van der Waals surface area (Å²) in [6, 6.07) is 0. The second kappa shape index (κ2) is 23.0. The van der Waals surface area contributed by atoms with E-state index in [0.717, 1.165) is 12.0 Å². The average Bonchev–Trinajstić information content (AvgIpc) is 2.80. The standard InChI is InChI=1S/C7H7O.3CH2O.Mn/c1-6(8)7-4-2-3-5-7;3*1-2;/h2,4H,3H2,1H3;3*1H2;/q-1;;;;. The van der Waals surface area contributed by atoms with Crippen LogP contribution in [-0.2, 0) is 36.2 Å². The molecule has 0 unspecified atom stereocenters. The van der Waals surface area contributed by atoms with Crippen molar-refractivity contribution in [3.8, 4) is 0 Å². The van der Waals surface area contributed by atoms with E-state index in [0.29, 0.717) is 0 Å². The van der Waals surface area contributed by atoms with Crippen molar-refractivity contribution in [1.82, 2.24) is 0 Å². The smallest absolute Gasteiger partial charge is 0.106 e. The summed E-state index contributed by atoms with van der Waals surface area (Å²) < 4.78 is 0. The molecule has 0 fully saturated rings. The van der Waals surface area contributed by atoms with Crippen LogP contribution in [-0.4, -0.2) is 26.2 Å². The van der Waals surface area contributed by atoms with E-state index in [-0.39, 0.29) is 22.9 Å². The van der Waals surface area contributed by atoms with Crippen LogP contribution in [0.2, 0.25) is 0 Å². The molecule has 1 aliphatic carbocycles. The molecule has 85 valence electrons. The minimum absolute atomic E-state index is 0. The molecule has 4 nitrogen and oxygen atoms in total. The molecule has 0 amide bonds. The van der Waals surface area contributed by atoms with Gasteiger partial charge in [0.2, 0.25) is 0 Å².